The van der Waals surface area contributed by atoms with Crippen LogP contribution in [0, 0.1) is 11.8 Å². The number of amides is 1. The first-order valence-corrected chi connectivity index (χ1v) is 15.3. The summed E-state index contributed by atoms with van der Waals surface area (Å²) < 4.78 is 30.4. The van der Waals surface area contributed by atoms with Gasteiger partial charge in [-0.1, -0.05) is 13.0 Å². The Balaban J connectivity index is 1.27. The number of piperidine rings is 2. The summed E-state index contributed by atoms with van der Waals surface area (Å²) in [7, 11) is -1.42. The van der Waals surface area contributed by atoms with Crippen molar-refractivity contribution in [2.24, 2.45) is 11.8 Å². The third kappa shape index (κ3) is 6.57. The van der Waals surface area contributed by atoms with Crippen LogP contribution in [0.4, 0.5) is 0 Å². The number of carbonyl (C=O) groups excluding carboxylic acids is 1. The molecule has 0 bridgehead atoms. The molecule has 1 atom stereocenters. The number of rotatable bonds is 8. The number of carbonyl (C=O) groups is 1. The summed E-state index contributed by atoms with van der Waals surface area (Å²) in [5, 5.41) is 0. The summed E-state index contributed by atoms with van der Waals surface area (Å²) in [6.45, 7) is 7.13. The fourth-order valence-corrected chi connectivity index (χ4v) is 7.10. The minimum absolute atomic E-state index is 0.0259. The Morgan fingerprint density at radius 1 is 1.06 bits per heavy atom. The van der Waals surface area contributed by atoms with Gasteiger partial charge in [-0.3, -0.25) is 9.69 Å². The lowest BCUT2D eigenvalue weighted by atomic mass is 9.86. The smallest absolute Gasteiger partial charge is 0.225 e. The number of sulfonamides is 1. The third-order valence-electron chi connectivity index (χ3n) is 8.33. The molecule has 1 aromatic carbocycles. The lowest BCUT2D eigenvalue weighted by Crippen LogP contribution is -2.48. The zero-order chi connectivity index (χ0) is 25.0. The summed E-state index contributed by atoms with van der Waals surface area (Å²) in [5.41, 5.74) is 2.90. The number of ether oxygens (including phenoxy) is 1. The van der Waals surface area contributed by atoms with E-state index in [1.54, 1.807) is 7.11 Å². The number of benzene rings is 1. The van der Waals surface area contributed by atoms with E-state index in [2.05, 4.69) is 30.0 Å². The van der Waals surface area contributed by atoms with Gasteiger partial charge in [0.1, 0.15) is 5.75 Å². The topological polar surface area (TPSA) is 70.2 Å². The molecule has 2 fully saturated rings. The van der Waals surface area contributed by atoms with Gasteiger partial charge in [-0.15, -0.1) is 0 Å². The SMILES string of the molecule is CCCN(CC1CCN(C(=O)C2CCN(S(C)(=O)=O)CC2)CC1)C1CCc2cc(OC)ccc2C1. The molecule has 35 heavy (non-hydrogen) atoms. The highest BCUT2D eigenvalue weighted by Gasteiger charge is 2.34. The molecular weight excluding hydrogens is 462 g/mol. The molecule has 196 valence electrons. The molecule has 2 saturated heterocycles. The van der Waals surface area contributed by atoms with Crippen LogP contribution in [0.5, 0.6) is 5.75 Å². The maximum Gasteiger partial charge on any atom is 0.225 e. The summed E-state index contributed by atoms with van der Waals surface area (Å²) >= 11 is 0. The highest BCUT2D eigenvalue weighted by molar-refractivity contribution is 7.88. The Morgan fingerprint density at radius 2 is 1.77 bits per heavy atom. The number of nitrogens with zero attached hydrogens (tertiary/aromatic N) is 3. The Kier molecular flexibility index (Phi) is 8.76. The number of methoxy groups -OCH3 is 1. The van der Waals surface area contributed by atoms with Gasteiger partial charge in [0, 0.05) is 44.7 Å². The van der Waals surface area contributed by atoms with Crippen LogP contribution in [0.1, 0.15) is 56.6 Å². The molecule has 1 aromatic rings. The highest BCUT2D eigenvalue weighted by atomic mass is 32.2. The van der Waals surface area contributed by atoms with Gasteiger partial charge in [0.2, 0.25) is 15.9 Å². The van der Waals surface area contributed by atoms with Crippen molar-refractivity contribution in [1.82, 2.24) is 14.1 Å². The number of hydrogen-bond donors (Lipinski definition) is 0. The Bertz CT molecular complexity index is 967. The fourth-order valence-electron chi connectivity index (χ4n) is 6.22. The zero-order valence-electron chi connectivity index (χ0n) is 21.7. The van der Waals surface area contributed by atoms with Gasteiger partial charge in [-0.25, -0.2) is 12.7 Å². The van der Waals surface area contributed by atoms with Crippen molar-refractivity contribution in [3.05, 3.63) is 29.3 Å². The van der Waals surface area contributed by atoms with Crippen LogP contribution in [-0.4, -0.2) is 87.1 Å². The summed E-state index contributed by atoms with van der Waals surface area (Å²) in [5.74, 6) is 1.80. The van der Waals surface area contributed by atoms with E-state index in [0.717, 1.165) is 64.0 Å². The fraction of sp³-hybridized carbons (Fsp3) is 0.741. The average Bonchev–Trinajstić information content (AvgIpc) is 2.87. The zero-order valence-corrected chi connectivity index (χ0v) is 22.6. The lowest BCUT2D eigenvalue weighted by Gasteiger charge is -2.40. The van der Waals surface area contributed by atoms with E-state index in [9.17, 15) is 13.2 Å². The van der Waals surface area contributed by atoms with Crippen LogP contribution < -0.4 is 4.74 Å². The van der Waals surface area contributed by atoms with Crippen LogP contribution in [0.15, 0.2) is 18.2 Å². The molecule has 3 aliphatic rings. The predicted octanol–water partition coefficient (Wildman–Crippen LogP) is 3.17. The van der Waals surface area contributed by atoms with Crippen LogP contribution in [0.25, 0.3) is 0 Å². The molecule has 4 rings (SSSR count). The average molecular weight is 506 g/mol. The third-order valence-corrected chi connectivity index (χ3v) is 9.64. The number of fused-ring (bicyclic) bond motifs is 1. The minimum Gasteiger partial charge on any atom is -0.497 e. The Labute approximate surface area is 211 Å². The molecule has 7 nitrogen and oxygen atoms in total. The molecule has 2 aliphatic heterocycles. The standard InChI is InChI=1S/C27H43N3O4S/c1-4-13-29(25-7-5-24-19-26(34-2)8-6-23(24)18-25)20-21-9-14-28(15-10-21)27(31)22-11-16-30(17-12-22)35(3,32)33/h6,8,19,21-22,25H,4-5,7,9-18,20H2,1-3H3. The maximum atomic E-state index is 13.1. The van der Waals surface area contributed by atoms with Gasteiger partial charge in [-0.2, -0.15) is 0 Å². The molecule has 1 amide bonds. The van der Waals surface area contributed by atoms with E-state index in [-0.39, 0.29) is 11.8 Å². The highest BCUT2D eigenvalue weighted by Crippen LogP contribution is 2.30. The van der Waals surface area contributed by atoms with Gasteiger partial charge < -0.3 is 9.64 Å². The van der Waals surface area contributed by atoms with Gasteiger partial charge in [0.05, 0.1) is 13.4 Å². The number of aryl methyl sites for hydroxylation is 1. The largest absolute Gasteiger partial charge is 0.497 e. The normalized spacial score (nSPS) is 22.9. The summed E-state index contributed by atoms with van der Waals surface area (Å²) in [6, 6.07) is 7.13. The molecule has 0 N–H and O–H groups in total. The number of likely N-dealkylation sites (tertiary alicyclic amines) is 1. The van der Waals surface area contributed by atoms with Crippen LogP contribution >= 0.6 is 0 Å². The molecule has 1 aliphatic carbocycles. The molecule has 0 saturated carbocycles. The van der Waals surface area contributed by atoms with Crippen molar-refractivity contribution >= 4 is 15.9 Å². The lowest BCUT2D eigenvalue weighted by molar-refractivity contribution is -0.138. The van der Waals surface area contributed by atoms with E-state index >= 15 is 0 Å². The van der Waals surface area contributed by atoms with Crippen molar-refractivity contribution in [2.45, 2.75) is 64.3 Å². The van der Waals surface area contributed by atoms with Gasteiger partial charge in [-0.05, 0) is 87.1 Å². The summed E-state index contributed by atoms with van der Waals surface area (Å²) in [6.07, 6.45) is 9.26. The van der Waals surface area contributed by atoms with E-state index in [0.29, 0.717) is 37.9 Å². The van der Waals surface area contributed by atoms with Crippen molar-refractivity contribution in [1.29, 1.82) is 0 Å². The Morgan fingerprint density at radius 3 is 2.40 bits per heavy atom. The van der Waals surface area contributed by atoms with E-state index in [1.165, 1.54) is 28.1 Å². The predicted molar refractivity (Wildman–Crippen MR) is 139 cm³/mol. The molecule has 2 heterocycles. The van der Waals surface area contributed by atoms with E-state index in [4.69, 9.17) is 4.74 Å². The molecule has 1 unspecified atom stereocenters. The van der Waals surface area contributed by atoms with Crippen LogP contribution in [0.3, 0.4) is 0 Å². The van der Waals surface area contributed by atoms with Crippen LogP contribution in [0.2, 0.25) is 0 Å². The van der Waals surface area contributed by atoms with Crippen molar-refractivity contribution in [3.63, 3.8) is 0 Å². The van der Waals surface area contributed by atoms with E-state index in [1.807, 2.05) is 4.90 Å². The van der Waals surface area contributed by atoms with E-state index < -0.39 is 10.0 Å². The minimum atomic E-state index is -3.15. The second-order valence-electron chi connectivity index (χ2n) is 10.7. The second-order valence-corrected chi connectivity index (χ2v) is 12.7. The Hall–Kier alpha value is -1.64. The summed E-state index contributed by atoms with van der Waals surface area (Å²) in [4.78, 5) is 17.9. The van der Waals surface area contributed by atoms with Crippen molar-refractivity contribution < 1.29 is 17.9 Å². The monoisotopic (exact) mass is 505 g/mol. The molecule has 8 heteroatoms. The first-order valence-electron chi connectivity index (χ1n) is 13.4. The van der Waals surface area contributed by atoms with Crippen molar-refractivity contribution in [3.8, 4) is 5.75 Å². The van der Waals surface area contributed by atoms with Gasteiger partial charge in [0.25, 0.3) is 0 Å². The van der Waals surface area contributed by atoms with Crippen LogP contribution in [-0.2, 0) is 27.7 Å². The first-order chi connectivity index (χ1) is 16.8. The number of hydrogen-bond acceptors (Lipinski definition) is 5. The van der Waals surface area contributed by atoms with Crippen molar-refractivity contribution in [2.75, 3.05) is 52.6 Å². The molecule has 0 spiro atoms. The molecule has 0 aromatic heterocycles. The molecule has 0 radical (unpaired) electrons. The maximum absolute atomic E-state index is 13.1. The first kappa shape index (κ1) is 26.4. The molecular formula is C27H43N3O4S. The quantitative estimate of drug-likeness (QED) is 0.543. The van der Waals surface area contributed by atoms with Gasteiger partial charge in [0.15, 0.2) is 0 Å². The van der Waals surface area contributed by atoms with Gasteiger partial charge >= 0.3 is 0 Å². The second kappa shape index (κ2) is 11.6.